The Labute approximate surface area is 69.5 Å². The first-order valence-electron chi connectivity index (χ1n) is 3.18. The lowest BCUT2D eigenvalue weighted by Gasteiger charge is -1.95. The van der Waals surface area contributed by atoms with Crippen LogP contribution in [0.1, 0.15) is 12.8 Å². The van der Waals surface area contributed by atoms with Crippen molar-refractivity contribution >= 4 is 11.9 Å². The first-order valence-corrected chi connectivity index (χ1v) is 3.18. The third kappa shape index (κ3) is 4.12. The molecule has 0 saturated heterocycles. The fourth-order valence-electron chi connectivity index (χ4n) is 0.597. The highest BCUT2D eigenvalue weighted by molar-refractivity contribution is 5.94. The number of rotatable bonds is 4. The smallest absolute Gasteiger partial charge is 0.331 e. The van der Waals surface area contributed by atoms with Gasteiger partial charge in [-0.2, -0.15) is 0 Å². The van der Waals surface area contributed by atoms with Gasteiger partial charge in [-0.25, -0.2) is 9.59 Å². The summed E-state index contributed by atoms with van der Waals surface area (Å²) >= 11 is 0. The quantitative estimate of drug-likeness (QED) is 0.473. The van der Waals surface area contributed by atoms with E-state index in [2.05, 4.69) is 5.92 Å². The van der Waals surface area contributed by atoms with Gasteiger partial charge < -0.3 is 10.2 Å². The highest BCUT2D eigenvalue weighted by Crippen LogP contribution is 2.04. The van der Waals surface area contributed by atoms with Crippen molar-refractivity contribution in [3.63, 3.8) is 0 Å². The third-order valence-electron chi connectivity index (χ3n) is 1.11. The molecule has 0 aliphatic heterocycles. The van der Waals surface area contributed by atoms with Gasteiger partial charge in [-0.1, -0.05) is 0 Å². The lowest BCUT2D eigenvalue weighted by molar-refractivity contribution is -0.135. The molecule has 0 fully saturated rings. The van der Waals surface area contributed by atoms with E-state index in [0.717, 1.165) is 0 Å². The topological polar surface area (TPSA) is 74.6 Å². The van der Waals surface area contributed by atoms with Gasteiger partial charge in [0.25, 0.3) is 0 Å². The Kier molecular flexibility index (Phi) is 4.24. The first kappa shape index (κ1) is 10.2. The lowest BCUT2D eigenvalue weighted by Crippen LogP contribution is -2.03. The van der Waals surface area contributed by atoms with Crippen LogP contribution >= 0.6 is 0 Å². The van der Waals surface area contributed by atoms with E-state index < -0.39 is 11.9 Å². The van der Waals surface area contributed by atoms with Crippen molar-refractivity contribution < 1.29 is 19.8 Å². The van der Waals surface area contributed by atoms with Gasteiger partial charge >= 0.3 is 11.9 Å². The molecule has 0 spiro atoms. The maximum absolute atomic E-state index is 10.3. The normalized spacial score (nSPS) is 10.4. The van der Waals surface area contributed by atoms with Crippen LogP contribution in [0.25, 0.3) is 0 Å². The zero-order valence-electron chi connectivity index (χ0n) is 6.28. The molecule has 0 aliphatic rings. The summed E-state index contributed by atoms with van der Waals surface area (Å²) in [6.07, 6.45) is 5.85. The molecule has 4 heteroatoms. The number of hydrogen-bond donors (Lipinski definition) is 2. The molecule has 0 aliphatic carbocycles. The monoisotopic (exact) mass is 168 g/mol. The molecule has 0 aromatic carbocycles. The Bertz CT molecular complexity index is 257. The van der Waals surface area contributed by atoms with Crippen LogP contribution in [0.4, 0.5) is 0 Å². The standard InChI is InChI=1S/C8H8O4/c1-2-3-4-6(8(11)12)5-7(9)10/h1,5H,3-4H2,(H,9,10)(H,11,12)/b6-5+. The molecule has 64 valence electrons. The molecule has 0 bridgehead atoms. The van der Waals surface area contributed by atoms with E-state index in [0.29, 0.717) is 6.08 Å². The molecule has 2 N–H and O–H groups in total. The molecule has 0 aromatic rings. The molecule has 0 rings (SSSR count). The van der Waals surface area contributed by atoms with Crippen molar-refractivity contribution in [2.75, 3.05) is 0 Å². The molecular weight excluding hydrogens is 160 g/mol. The molecule has 0 saturated carbocycles. The molecule has 0 heterocycles. The van der Waals surface area contributed by atoms with Crippen LogP contribution < -0.4 is 0 Å². The minimum atomic E-state index is -1.27. The average molecular weight is 168 g/mol. The Morgan fingerprint density at radius 1 is 1.42 bits per heavy atom. The van der Waals surface area contributed by atoms with Crippen molar-refractivity contribution in [2.24, 2.45) is 0 Å². The zero-order valence-corrected chi connectivity index (χ0v) is 6.28. The number of hydrogen-bond acceptors (Lipinski definition) is 2. The van der Waals surface area contributed by atoms with Crippen LogP contribution in [-0.2, 0) is 9.59 Å². The fourth-order valence-corrected chi connectivity index (χ4v) is 0.597. The Balaban J connectivity index is 4.36. The summed E-state index contributed by atoms with van der Waals surface area (Å²) in [6.45, 7) is 0. The average Bonchev–Trinajstić information content (AvgIpc) is 1.96. The highest BCUT2D eigenvalue weighted by atomic mass is 16.4. The lowest BCUT2D eigenvalue weighted by atomic mass is 10.1. The summed E-state index contributed by atoms with van der Waals surface area (Å²) in [5.41, 5.74) is -0.180. The van der Waals surface area contributed by atoms with E-state index in [4.69, 9.17) is 16.6 Å². The van der Waals surface area contributed by atoms with Crippen LogP contribution in [0.2, 0.25) is 0 Å². The highest BCUT2D eigenvalue weighted by Gasteiger charge is 2.07. The van der Waals surface area contributed by atoms with Gasteiger partial charge in [0.2, 0.25) is 0 Å². The van der Waals surface area contributed by atoms with Gasteiger partial charge in [-0.3, -0.25) is 0 Å². The Morgan fingerprint density at radius 3 is 2.33 bits per heavy atom. The van der Waals surface area contributed by atoms with Crippen LogP contribution in [0, 0.1) is 12.3 Å². The molecule has 0 aromatic heterocycles. The maximum atomic E-state index is 10.3. The van der Waals surface area contributed by atoms with Crippen LogP contribution in [0.3, 0.4) is 0 Å². The molecule has 0 radical (unpaired) electrons. The van der Waals surface area contributed by atoms with Gasteiger partial charge in [0.1, 0.15) is 0 Å². The molecule has 12 heavy (non-hydrogen) atoms. The third-order valence-corrected chi connectivity index (χ3v) is 1.11. The van der Waals surface area contributed by atoms with E-state index in [1.165, 1.54) is 0 Å². The number of carboxylic acids is 2. The summed E-state index contributed by atoms with van der Waals surface area (Å²) in [7, 11) is 0. The van der Waals surface area contributed by atoms with Crippen LogP contribution in [-0.4, -0.2) is 22.2 Å². The van der Waals surface area contributed by atoms with Gasteiger partial charge in [0, 0.05) is 18.1 Å². The van der Waals surface area contributed by atoms with E-state index in [1.807, 2.05) is 0 Å². The van der Waals surface area contributed by atoms with Gasteiger partial charge in [-0.05, 0) is 6.42 Å². The van der Waals surface area contributed by atoms with Gasteiger partial charge in [0.05, 0.1) is 0 Å². The second-order valence-corrected chi connectivity index (χ2v) is 2.02. The first-order chi connectivity index (χ1) is 5.57. The van der Waals surface area contributed by atoms with E-state index in [9.17, 15) is 9.59 Å². The maximum Gasteiger partial charge on any atom is 0.331 e. The molecular formula is C8H8O4. The van der Waals surface area contributed by atoms with Crippen molar-refractivity contribution in [3.05, 3.63) is 11.6 Å². The van der Waals surface area contributed by atoms with Crippen LogP contribution in [0.15, 0.2) is 11.6 Å². The number of carbonyl (C=O) groups is 2. The Hall–Kier alpha value is -1.76. The van der Waals surface area contributed by atoms with Gasteiger partial charge in [-0.15, -0.1) is 12.3 Å². The molecule has 0 atom stereocenters. The number of terminal acetylenes is 1. The predicted octanol–water partition coefficient (Wildman–Crippen LogP) is 0.495. The van der Waals surface area contributed by atoms with E-state index in [1.54, 1.807) is 0 Å². The summed E-state index contributed by atoms with van der Waals surface area (Å²) in [4.78, 5) is 20.4. The molecule has 4 nitrogen and oxygen atoms in total. The van der Waals surface area contributed by atoms with Crippen molar-refractivity contribution in [1.82, 2.24) is 0 Å². The summed E-state index contributed by atoms with van der Waals surface area (Å²) < 4.78 is 0. The zero-order chi connectivity index (χ0) is 9.56. The van der Waals surface area contributed by atoms with E-state index in [-0.39, 0.29) is 18.4 Å². The summed E-state index contributed by atoms with van der Waals surface area (Å²) in [5.74, 6) is -0.287. The van der Waals surface area contributed by atoms with Crippen molar-refractivity contribution in [3.8, 4) is 12.3 Å². The summed E-state index contributed by atoms with van der Waals surface area (Å²) in [6, 6.07) is 0. The van der Waals surface area contributed by atoms with Crippen molar-refractivity contribution in [2.45, 2.75) is 12.8 Å². The second-order valence-electron chi connectivity index (χ2n) is 2.02. The number of carboxylic acid groups (broad SMARTS) is 2. The second kappa shape index (κ2) is 4.97. The minimum absolute atomic E-state index is 0.0815. The summed E-state index contributed by atoms with van der Waals surface area (Å²) in [5, 5.41) is 16.7. The Morgan fingerprint density at radius 2 is 2.00 bits per heavy atom. The minimum Gasteiger partial charge on any atom is -0.478 e. The largest absolute Gasteiger partial charge is 0.478 e. The van der Waals surface area contributed by atoms with E-state index >= 15 is 0 Å². The van der Waals surface area contributed by atoms with Gasteiger partial charge in [0.15, 0.2) is 0 Å². The van der Waals surface area contributed by atoms with Crippen molar-refractivity contribution in [1.29, 1.82) is 0 Å². The molecule has 0 amide bonds. The fraction of sp³-hybridized carbons (Fsp3) is 0.250. The SMILES string of the molecule is C#CCC/C(=C\C(=O)O)C(=O)O. The number of aliphatic carboxylic acids is 2. The van der Waals surface area contributed by atoms with Crippen LogP contribution in [0.5, 0.6) is 0 Å². The molecule has 0 unspecified atom stereocenters. The predicted molar refractivity (Wildman–Crippen MR) is 41.4 cm³/mol.